The number of benzene rings is 1. The molecule has 3 heteroatoms. The Morgan fingerprint density at radius 1 is 1.24 bits per heavy atom. The monoisotopic (exact) mass is 224 g/mol. The summed E-state index contributed by atoms with van der Waals surface area (Å²) < 4.78 is 2.14. The average molecular weight is 224 g/mol. The first-order chi connectivity index (χ1) is 8.36. The lowest BCUT2D eigenvalue weighted by Gasteiger charge is -2.03. The van der Waals surface area contributed by atoms with Gasteiger partial charge in [0.15, 0.2) is 6.29 Å². The summed E-state index contributed by atoms with van der Waals surface area (Å²) in [5.74, 6) is 0. The second kappa shape index (κ2) is 3.70. The molecule has 3 rings (SSSR count). The lowest BCUT2D eigenvalue weighted by Crippen LogP contribution is -1.97. The van der Waals surface area contributed by atoms with E-state index in [1.54, 1.807) is 6.20 Å². The molecule has 0 atom stereocenters. The molecule has 0 saturated carbocycles. The zero-order valence-electron chi connectivity index (χ0n) is 9.55. The van der Waals surface area contributed by atoms with Crippen molar-refractivity contribution in [1.29, 1.82) is 0 Å². The van der Waals surface area contributed by atoms with Gasteiger partial charge in [0.2, 0.25) is 0 Å². The van der Waals surface area contributed by atoms with E-state index in [2.05, 4.69) is 28.6 Å². The van der Waals surface area contributed by atoms with Crippen LogP contribution in [-0.4, -0.2) is 15.8 Å². The maximum Gasteiger partial charge on any atom is 0.170 e. The largest absolute Gasteiger partial charge is 0.339 e. The summed E-state index contributed by atoms with van der Waals surface area (Å²) in [7, 11) is 0. The fraction of sp³-hybridized carbons (Fsp3) is 0.143. The highest BCUT2D eigenvalue weighted by Gasteiger charge is 2.12. The van der Waals surface area contributed by atoms with E-state index in [0.717, 1.165) is 29.3 Å². The second-order valence-electron chi connectivity index (χ2n) is 3.97. The fourth-order valence-electron chi connectivity index (χ4n) is 2.44. The summed E-state index contributed by atoms with van der Waals surface area (Å²) in [5.41, 5.74) is 2.60. The van der Waals surface area contributed by atoms with Gasteiger partial charge >= 0.3 is 0 Å². The van der Waals surface area contributed by atoms with Crippen molar-refractivity contribution >= 4 is 28.1 Å². The quantitative estimate of drug-likeness (QED) is 0.627. The highest BCUT2D eigenvalue weighted by atomic mass is 16.1. The molecule has 84 valence electrons. The lowest BCUT2D eigenvalue weighted by atomic mass is 10.2. The molecule has 2 aromatic heterocycles. The maximum atomic E-state index is 11.1. The van der Waals surface area contributed by atoms with Crippen LogP contribution in [-0.2, 0) is 6.54 Å². The van der Waals surface area contributed by atoms with Crippen molar-refractivity contribution in [2.45, 2.75) is 13.5 Å². The molecule has 17 heavy (non-hydrogen) atoms. The average Bonchev–Trinajstić information content (AvgIpc) is 2.72. The smallest absolute Gasteiger partial charge is 0.170 e. The third kappa shape index (κ3) is 1.29. The van der Waals surface area contributed by atoms with E-state index in [1.807, 2.05) is 18.2 Å². The van der Waals surface area contributed by atoms with E-state index in [1.165, 1.54) is 5.39 Å². The van der Waals surface area contributed by atoms with Gasteiger partial charge in [0.05, 0.1) is 5.52 Å². The van der Waals surface area contributed by atoms with Crippen molar-refractivity contribution in [3.05, 3.63) is 42.2 Å². The Morgan fingerprint density at radius 3 is 2.82 bits per heavy atom. The summed E-state index contributed by atoms with van der Waals surface area (Å²) in [4.78, 5) is 15.2. The molecule has 0 spiro atoms. The van der Waals surface area contributed by atoms with Crippen LogP contribution in [0.25, 0.3) is 21.8 Å². The van der Waals surface area contributed by atoms with Crippen molar-refractivity contribution in [2.24, 2.45) is 0 Å². The zero-order valence-corrected chi connectivity index (χ0v) is 9.55. The van der Waals surface area contributed by atoms with E-state index < -0.39 is 0 Å². The van der Waals surface area contributed by atoms with Crippen LogP contribution in [0, 0.1) is 0 Å². The predicted octanol–water partition coefficient (Wildman–Crippen LogP) is 3.02. The zero-order chi connectivity index (χ0) is 11.8. The van der Waals surface area contributed by atoms with E-state index >= 15 is 0 Å². The van der Waals surface area contributed by atoms with Crippen molar-refractivity contribution < 1.29 is 4.79 Å². The molecule has 0 amide bonds. The van der Waals surface area contributed by atoms with Gasteiger partial charge in [-0.3, -0.25) is 9.78 Å². The molecule has 0 bridgehead atoms. The molecule has 0 saturated heterocycles. The van der Waals surface area contributed by atoms with Gasteiger partial charge in [-0.15, -0.1) is 0 Å². The molecule has 0 N–H and O–H groups in total. The summed E-state index contributed by atoms with van der Waals surface area (Å²) in [6.07, 6.45) is 2.52. The highest BCUT2D eigenvalue weighted by Crippen LogP contribution is 2.29. The predicted molar refractivity (Wildman–Crippen MR) is 68.3 cm³/mol. The fourth-order valence-corrected chi connectivity index (χ4v) is 2.44. The van der Waals surface area contributed by atoms with E-state index in [-0.39, 0.29) is 0 Å². The van der Waals surface area contributed by atoms with Gasteiger partial charge in [0.25, 0.3) is 0 Å². The first-order valence-electron chi connectivity index (χ1n) is 5.68. The van der Waals surface area contributed by atoms with Gasteiger partial charge < -0.3 is 4.57 Å². The topological polar surface area (TPSA) is 34.9 Å². The van der Waals surface area contributed by atoms with Crippen LogP contribution < -0.4 is 0 Å². The Labute approximate surface area is 98.7 Å². The third-order valence-electron chi connectivity index (χ3n) is 3.14. The van der Waals surface area contributed by atoms with Crippen molar-refractivity contribution in [3.63, 3.8) is 0 Å². The van der Waals surface area contributed by atoms with Crippen LogP contribution in [0.2, 0.25) is 0 Å². The van der Waals surface area contributed by atoms with E-state index in [4.69, 9.17) is 0 Å². The van der Waals surface area contributed by atoms with Gasteiger partial charge in [0, 0.05) is 29.0 Å². The molecule has 0 unspecified atom stereocenters. The minimum absolute atomic E-state index is 0.514. The molecule has 0 aliphatic carbocycles. The maximum absolute atomic E-state index is 11.1. The molecule has 0 aliphatic heterocycles. The number of aldehydes is 1. The first kappa shape index (κ1) is 10.0. The number of hydrogen-bond acceptors (Lipinski definition) is 2. The van der Waals surface area contributed by atoms with Crippen molar-refractivity contribution in [1.82, 2.24) is 9.55 Å². The van der Waals surface area contributed by atoms with Crippen LogP contribution in [0.1, 0.15) is 17.4 Å². The number of fused-ring (bicyclic) bond motifs is 3. The number of rotatable bonds is 2. The molecule has 0 radical (unpaired) electrons. The number of aryl methyl sites for hydroxylation is 1. The van der Waals surface area contributed by atoms with Gasteiger partial charge in [-0.25, -0.2) is 0 Å². The van der Waals surface area contributed by atoms with Crippen LogP contribution in [0.4, 0.5) is 0 Å². The van der Waals surface area contributed by atoms with E-state index in [0.29, 0.717) is 5.69 Å². The molecule has 3 nitrogen and oxygen atoms in total. The van der Waals surface area contributed by atoms with Crippen LogP contribution in [0.3, 0.4) is 0 Å². The van der Waals surface area contributed by atoms with Crippen LogP contribution >= 0.6 is 0 Å². The SMILES string of the molecule is CCn1c2ccccc2c2ccnc(C=O)c21. The molecule has 3 aromatic rings. The van der Waals surface area contributed by atoms with Gasteiger partial charge in [-0.2, -0.15) is 0 Å². The lowest BCUT2D eigenvalue weighted by molar-refractivity contribution is 0.112. The van der Waals surface area contributed by atoms with Crippen LogP contribution in [0.15, 0.2) is 36.5 Å². The number of para-hydroxylation sites is 1. The second-order valence-corrected chi connectivity index (χ2v) is 3.97. The van der Waals surface area contributed by atoms with Gasteiger partial charge in [0.1, 0.15) is 5.69 Å². The Morgan fingerprint density at radius 2 is 2.06 bits per heavy atom. The number of hydrogen-bond donors (Lipinski definition) is 0. The first-order valence-corrected chi connectivity index (χ1v) is 5.68. The molecule has 0 fully saturated rings. The summed E-state index contributed by atoms with van der Waals surface area (Å²) in [6.45, 7) is 2.91. The van der Waals surface area contributed by atoms with Crippen molar-refractivity contribution in [3.8, 4) is 0 Å². The Hall–Kier alpha value is -2.16. The molecule has 0 aliphatic rings. The Kier molecular flexibility index (Phi) is 2.18. The van der Waals surface area contributed by atoms with Crippen molar-refractivity contribution in [2.75, 3.05) is 0 Å². The molecule has 1 aromatic carbocycles. The summed E-state index contributed by atoms with van der Waals surface area (Å²) >= 11 is 0. The summed E-state index contributed by atoms with van der Waals surface area (Å²) in [5, 5.41) is 2.27. The normalized spacial score (nSPS) is 11.1. The number of aromatic nitrogens is 2. The molecular weight excluding hydrogens is 212 g/mol. The highest BCUT2D eigenvalue weighted by molar-refractivity contribution is 6.11. The minimum Gasteiger partial charge on any atom is -0.339 e. The van der Waals surface area contributed by atoms with Gasteiger partial charge in [-0.1, -0.05) is 18.2 Å². The minimum atomic E-state index is 0.514. The Bertz CT molecular complexity index is 713. The van der Waals surface area contributed by atoms with Crippen LogP contribution in [0.5, 0.6) is 0 Å². The number of pyridine rings is 1. The number of nitrogens with zero attached hydrogens (tertiary/aromatic N) is 2. The standard InChI is InChI=1S/C14H12N2O/c1-2-16-13-6-4-3-5-10(13)11-7-8-15-12(9-17)14(11)16/h3-9H,2H2,1H3. The Balaban J connectivity index is 2.63. The summed E-state index contributed by atoms with van der Waals surface area (Å²) in [6, 6.07) is 10.2. The number of carbonyl (C=O) groups excluding carboxylic acids is 1. The third-order valence-corrected chi connectivity index (χ3v) is 3.14. The molecular formula is C14H12N2O. The number of carbonyl (C=O) groups is 1. The van der Waals surface area contributed by atoms with Gasteiger partial charge in [-0.05, 0) is 19.1 Å². The van der Waals surface area contributed by atoms with E-state index in [9.17, 15) is 4.79 Å². The molecule has 2 heterocycles.